The summed E-state index contributed by atoms with van der Waals surface area (Å²) in [7, 11) is 0. The summed E-state index contributed by atoms with van der Waals surface area (Å²) in [5.41, 5.74) is 1.05. The number of allylic oxidation sites excluding steroid dienone is 1. The molecule has 0 saturated carbocycles. The third-order valence-electron chi connectivity index (χ3n) is 1.92. The van der Waals surface area contributed by atoms with Gasteiger partial charge in [-0.05, 0) is 18.1 Å². The van der Waals surface area contributed by atoms with Gasteiger partial charge in [0.1, 0.15) is 0 Å². The predicted octanol–water partition coefficient (Wildman–Crippen LogP) is 2.54. The summed E-state index contributed by atoms with van der Waals surface area (Å²) in [6.45, 7) is 4.54. The van der Waals surface area contributed by atoms with Crippen LogP contribution in [0.2, 0.25) is 0 Å². The van der Waals surface area contributed by atoms with Crippen LogP contribution in [0.3, 0.4) is 0 Å². The second kappa shape index (κ2) is 4.60. The van der Waals surface area contributed by atoms with Crippen molar-refractivity contribution >= 4 is 6.08 Å². The van der Waals surface area contributed by atoms with E-state index in [1.807, 2.05) is 23.0 Å². The summed E-state index contributed by atoms with van der Waals surface area (Å²) < 4.78 is 2.03. The highest BCUT2D eigenvalue weighted by atomic mass is 16.6. The Morgan fingerprint density at radius 2 is 2.43 bits per heavy atom. The predicted molar refractivity (Wildman–Crippen MR) is 55.4 cm³/mol. The van der Waals surface area contributed by atoms with E-state index in [1.165, 1.54) is 6.92 Å². The van der Waals surface area contributed by atoms with Crippen molar-refractivity contribution in [3.05, 3.63) is 39.8 Å². The monoisotopic (exact) mass is 194 g/mol. The number of hydrogen-bond donors (Lipinski definition) is 0. The van der Waals surface area contributed by atoms with Crippen molar-refractivity contribution in [1.82, 2.24) is 4.57 Å². The molecule has 76 valence electrons. The summed E-state index contributed by atoms with van der Waals surface area (Å²) in [6.07, 6.45) is 6.48. The summed E-state index contributed by atoms with van der Waals surface area (Å²) in [4.78, 5) is 9.99. The molecule has 0 aliphatic carbocycles. The molecule has 0 radical (unpaired) electrons. The molecule has 0 unspecified atom stereocenters. The zero-order chi connectivity index (χ0) is 10.6. The molecule has 0 saturated heterocycles. The first-order valence-electron chi connectivity index (χ1n) is 4.62. The van der Waals surface area contributed by atoms with Crippen LogP contribution in [0.25, 0.3) is 6.08 Å². The maximum atomic E-state index is 10.4. The van der Waals surface area contributed by atoms with E-state index < -0.39 is 0 Å². The van der Waals surface area contributed by atoms with Crippen molar-refractivity contribution in [2.75, 3.05) is 0 Å². The second-order valence-electron chi connectivity index (χ2n) is 3.23. The first-order valence-corrected chi connectivity index (χ1v) is 4.62. The minimum absolute atomic E-state index is 0.166. The van der Waals surface area contributed by atoms with Gasteiger partial charge in [0.05, 0.1) is 4.92 Å². The van der Waals surface area contributed by atoms with Crippen LogP contribution in [-0.4, -0.2) is 9.49 Å². The molecule has 14 heavy (non-hydrogen) atoms. The number of aromatic nitrogens is 1. The maximum Gasteiger partial charge on any atom is 0.243 e. The lowest BCUT2D eigenvalue weighted by atomic mass is 10.3. The van der Waals surface area contributed by atoms with E-state index in [9.17, 15) is 10.1 Å². The van der Waals surface area contributed by atoms with Gasteiger partial charge in [-0.15, -0.1) is 0 Å². The lowest BCUT2D eigenvalue weighted by Gasteiger charge is -1.96. The molecule has 0 aliphatic rings. The van der Waals surface area contributed by atoms with Gasteiger partial charge in [-0.1, -0.05) is 6.92 Å². The van der Waals surface area contributed by atoms with Crippen LogP contribution in [0.5, 0.6) is 0 Å². The molecule has 0 spiro atoms. The zero-order valence-corrected chi connectivity index (χ0v) is 8.43. The molecular formula is C10H14N2O2. The SMILES string of the molecule is CCCn1ccc(C=C(C)[N+](=O)[O-])c1. The van der Waals surface area contributed by atoms with E-state index in [2.05, 4.69) is 6.92 Å². The third kappa shape index (κ3) is 2.73. The molecule has 0 N–H and O–H groups in total. The first kappa shape index (κ1) is 10.5. The maximum absolute atomic E-state index is 10.4. The van der Waals surface area contributed by atoms with Crippen LogP contribution in [0, 0.1) is 10.1 Å². The van der Waals surface area contributed by atoms with Gasteiger partial charge in [0.25, 0.3) is 0 Å². The molecule has 0 aromatic carbocycles. The fourth-order valence-electron chi connectivity index (χ4n) is 1.24. The molecule has 1 heterocycles. The Labute approximate surface area is 83.0 Å². The van der Waals surface area contributed by atoms with Crippen LogP contribution in [-0.2, 0) is 6.54 Å². The van der Waals surface area contributed by atoms with Gasteiger partial charge in [-0.3, -0.25) is 10.1 Å². The van der Waals surface area contributed by atoms with Gasteiger partial charge < -0.3 is 4.57 Å². The van der Waals surface area contributed by atoms with Crippen molar-refractivity contribution in [2.45, 2.75) is 26.8 Å². The van der Waals surface area contributed by atoms with E-state index >= 15 is 0 Å². The van der Waals surface area contributed by atoms with Gasteiger partial charge in [0.2, 0.25) is 5.70 Å². The van der Waals surface area contributed by atoms with Crippen LogP contribution in [0.1, 0.15) is 25.8 Å². The van der Waals surface area contributed by atoms with E-state index in [4.69, 9.17) is 0 Å². The summed E-state index contributed by atoms with van der Waals surface area (Å²) in [5, 5.41) is 10.4. The molecule has 4 heteroatoms. The van der Waals surface area contributed by atoms with Crippen molar-refractivity contribution < 1.29 is 4.92 Å². The highest BCUT2D eigenvalue weighted by molar-refractivity contribution is 5.49. The van der Waals surface area contributed by atoms with E-state index in [0.717, 1.165) is 18.5 Å². The molecule has 1 aromatic rings. The lowest BCUT2D eigenvalue weighted by molar-refractivity contribution is -0.422. The zero-order valence-electron chi connectivity index (χ0n) is 8.43. The smallest absolute Gasteiger partial charge is 0.243 e. The van der Waals surface area contributed by atoms with Gasteiger partial charge in [-0.25, -0.2) is 0 Å². The molecule has 4 nitrogen and oxygen atoms in total. The Morgan fingerprint density at radius 3 is 3.00 bits per heavy atom. The van der Waals surface area contributed by atoms with Crippen LogP contribution in [0.4, 0.5) is 0 Å². The number of rotatable bonds is 4. The van der Waals surface area contributed by atoms with Crippen molar-refractivity contribution in [1.29, 1.82) is 0 Å². The quantitative estimate of drug-likeness (QED) is 0.546. The topological polar surface area (TPSA) is 48.1 Å². The van der Waals surface area contributed by atoms with E-state index in [-0.39, 0.29) is 10.6 Å². The molecule has 0 amide bonds. The molecule has 0 atom stereocenters. The highest BCUT2D eigenvalue weighted by Crippen LogP contribution is 2.08. The Balaban J connectivity index is 2.77. The summed E-state index contributed by atoms with van der Waals surface area (Å²) in [6, 6.07) is 1.88. The van der Waals surface area contributed by atoms with Gasteiger partial charge >= 0.3 is 0 Å². The highest BCUT2D eigenvalue weighted by Gasteiger charge is 2.02. The standard InChI is InChI=1S/C10H14N2O2/c1-3-5-11-6-4-10(8-11)7-9(2)12(13)14/h4,6-8H,3,5H2,1-2H3. The lowest BCUT2D eigenvalue weighted by Crippen LogP contribution is -1.93. The summed E-state index contributed by atoms with van der Waals surface area (Å²) in [5.74, 6) is 0. The molecule has 1 rings (SSSR count). The second-order valence-corrected chi connectivity index (χ2v) is 3.23. The average Bonchev–Trinajstić information content (AvgIpc) is 2.53. The minimum atomic E-state index is -0.378. The van der Waals surface area contributed by atoms with Gasteiger partial charge in [-0.2, -0.15) is 0 Å². The Kier molecular flexibility index (Phi) is 3.45. The largest absolute Gasteiger partial charge is 0.354 e. The van der Waals surface area contributed by atoms with Gasteiger partial charge in [0, 0.05) is 31.9 Å². The number of nitro groups is 1. The summed E-state index contributed by atoms with van der Waals surface area (Å²) >= 11 is 0. The Morgan fingerprint density at radius 1 is 1.71 bits per heavy atom. The van der Waals surface area contributed by atoms with Crippen LogP contribution >= 0.6 is 0 Å². The van der Waals surface area contributed by atoms with E-state index in [0.29, 0.717) is 0 Å². The molecule has 0 fully saturated rings. The molecule has 0 bridgehead atoms. The van der Waals surface area contributed by atoms with Crippen molar-refractivity contribution in [2.24, 2.45) is 0 Å². The number of aryl methyl sites for hydroxylation is 1. The van der Waals surface area contributed by atoms with Crippen LogP contribution < -0.4 is 0 Å². The average molecular weight is 194 g/mol. The van der Waals surface area contributed by atoms with Crippen LogP contribution in [0.15, 0.2) is 24.2 Å². The molecular weight excluding hydrogens is 180 g/mol. The normalized spacial score (nSPS) is 11.7. The van der Waals surface area contributed by atoms with Crippen molar-refractivity contribution in [3.8, 4) is 0 Å². The van der Waals surface area contributed by atoms with E-state index in [1.54, 1.807) is 6.08 Å². The fraction of sp³-hybridized carbons (Fsp3) is 0.400. The Bertz CT molecular complexity index is 353. The fourth-order valence-corrected chi connectivity index (χ4v) is 1.24. The molecule has 1 aromatic heterocycles. The number of hydrogen-bond acceptors (Lipinski definition) is 2. The van der Waals surface area contributed by atoms with Crippen molar-refractivity contribution in [3.63, 3.8) is 0 Å². The first-order chi connectivity index (χ1) is 6.63. The third-order valence-corrected chi connectivity index (χ3v) is 1.92. The minimum Gasteiger partial charge on any atom is -0.354 e. The number of nitrogens with zero attached hydrogens (tertiary/aromatic N) is 2. The van der Waals surface area contributed by atoms with Gasteiger partial charge in [0.15, 0.2) is 0 Å². The molecule has 0 aliphatic heterocycles. The Hall–Kier alpha value is -1.58.